The molecule has 0 amide bonds. The number of hydrogen-bond donors (Lipinski definition) is 0. The first-order valence-corrected chi connectivity index (χ1v) is 12.8. The maximum absolute atomic E-state index is 12.8. The monoisotopic (exact) mass is 428 g/mol. The molecule has 2 fully saturated rings. The molecule has 31 heavy (non-hydrogen) atoms. The van der Waals surface area contributed by atoms with E-state index in [0.717, 1.165) is 56.9 Å². The Labute approximate surface area is 188 Å². The lowest BCUT2D eigenvalue weighted by atomic mass is 9.76. The second-order valence-electron chi connectivity index (χ2n) is 10.1. The maximum atomic E-state index is 12.8. The van der Waals surface area contributed by atoms with Crippen molar-refractivity contribution >= 4 is 11.6 Å². The number of unbranched alkanes of at least 4 members (excludes halogenated alkanes) is 1. The minimum atomic E-state index is -0.187. The van der Waals surface area contributed by atoms with Gasteiger partial charge >= 0.3 is 0 Å². The molecule has 3 heteroatoms. The van der Waals surface area contributed by atoms with E-state index in [0.29, 0.717) is 36.4 Å². The van der Waals surface area contributed by atoms with E-state index in [2.05, 4.69) is 19.1 Å². The van der Waals surface area contributed by atoms with Gasteiger partial charge in [0.15, 0.2) is 5.78 Å². The largest absolute Gasteiger partial charge is 0.299 e. The molecule has 0 saturated heterocycles. The molecule has 0 bridgehead atoms. The van der Waals surface area contributed by atoms with Crippen LogP contribution in [0.15, 0.2) is 24.3 Å². The summed E-state index contributed by atoms with van der Waals surface area (Å²) in [4.78, 5) is 25.1. The fourth-order valence-corrected chi connectivity index (χ4v) is 5.72. The van der Waals surface area contributed by atoms with Crippen molar-refractivity contribution < 1.29 is 14.0 Å². The predicted molar refractivity (Wildman–Crippen MR) is 125 cm³/mol. The van der Waals surface area contributed by atoms with Crippen molar-refractivity contribution in [2.75, 3.05) is 6.67 Å². The van der Waals surface area contributed by atoms with E-state index < -0.39 is 0 Å². The van der Waals surface area contributed by atoms with Gasteiger partial charge in [-0.05, 0) is 93.9 Å². The van der Waals surface area contributed by atoms with Gasteiger partial charge in [0.1, 0.15) is 5.78 Å². The molecule has 0 spiro atoms. The van der Waals surface area contributed by atoms with Gasteiger partial charge in [-0.25, -0.2) is 0 Å². The Morgan fingerprint density at radius 2 is 1.52 bits per heavy atom. The molecule has 2 aliphatic carbocycles. The highest BCUT2D eigenvalue weighted by molar-refractivity contribution is 5.96. The Bertz CT molecular complexity index is 679. The predicted octanol–water partition coefficient (Wildman–Crippen LogP) is 7.85. The normalized spacial score (nSPS) is 26.5. The van der Waals surface area contributed by atoms with Crippen molar-refractivity contribution in [2.24, 2.45) is 17.8 Å². The van der Waals surface area contributed by atoms with Crippen molar-refractivity contribution in [1.29, 1.82) is 0 Å². The highest BCUT2D eigenvalue weighted by atomic mass is 19.1. The lowest BCUT2D eigenvalue weighted by Crippen LogP contribution is -2.23. The van der Waals surface area contributed by atoms with Crippen molar-refractivity contribution in [3.05, 3.63) is 35.4 Å². The van der Waals surface area contributed by atoms with Gasteiger partial charge in [0.2, 0.25) is 0 Å². The summed E-state index contributed by atoms with van der Waals surface area (Å²) >= 11 is 0. The minimum Gasteiger partial charge on any atom is -0.299 e. The summed E-state index contributed by atoms with van der Waals surface area (Å²) in [6.07, 6.45) is 13.9. The van der Waals surface area contributed by atoms with E-state index in [-0.39, 0.29) is 18.4 Å². The van der Waals surface area contributed by atoms with Crippen LogP contribution in [0.3, 0.4) is 0 Å². The van der Waals surface area contributed by atoms with Gasteiger partial charge in [0, 0.05) is 24.3 Å². The Balaban J connectivity index is 1.42. The van der Waals surface area contributed by atoms with Crippen LogP contribution >= 0.6 is 0 Å². The molecule has 0 atom stereocenters. The number of hydrogen-bond acceptors (Lipinski definition) is 2. The molecule has 0 unspecified atom stereocenters. The second-order valence-corrected chi connectivity index (χ2v) is 10.1. The van der Waals surface area contributed by atoms with Crippen LogP contribution in [-0.4, -0.2) is 18.2 Å². The maximum Gasteiger partial charge on any atom is 0.163 e. The quantitative estimate of drug-likeness (QED) is 0.336. The fourth-order valence-electron chi connectivity index (χ4n) is 5.72. The van der Waals surface area contributed by atoms with Gasteiger partial charge in [-0.3, -0.25) is 14.0 Å². The molecule has 0 radical (unpaired) electrons. The third-order valence-electron chi connectivity index (χ3n) is 7.85. The van der Waals surface area contributed by atoms with Crippen molar-refractivity contribution in [3.8, 4) is 0 Å². The first-order chi connectivity index (χ1) is 15.1. The average molecular weight is 429 g/mol. The highest BCUT2D eigenvalue weighted by Gasteiger charge is 2.27. The molecule has 2 saturated carbocycles. The molecule has 172 valence electrons. The summed E-state index contributed by atoms with van der Waals surface area (Å²) in [5.74, 6) is 2.66. The molecular weight excluding hydrogens is 387 g/mol. The third kappa shape index (κ3) is 7.26. The minimum absolute atomic E-state index is 0.187. The number of alkyl halides is 1. The summed E-state index contributed by atoms with van der Waals surface area (Å²) < 4.78 is 12.4. The summed E-state index contributed by atoms with van der Waals surface area (Å²) in [6.45, 7) is 1.94. The number of halogens is 1. The zero-order chi connectivity index (χ0) is 22.1. The molecule has 3 rings (SSSR count). The molecule has 0 aliphatic heterocycles. The van der Waals surface area contributed by atoms with Crippen LogP contribution < -0.4 is 0 Å². The molecule has 0 aromatic heterocycles. The number of rotatable bonds is 11. The lowest BCUT2D eigenvalue weighted by Gasteiger charge is -2.29. The average Bonchev–Trinajstić information content (AvgIpc) is 2.82. The molecular formula is C28H41FO2. The van der Waals surface area contributed by atoms with Crippen LogP contribution in [0.5, 0.6) is 0 Å². The van der Waals surface area contributed by atoms with Crippen molar-refractivity contribution in [2.45, 2.75) is 103 Å². The van der Waals surface area contributed by atoms with Gasteiger partial charge < -0.3 is 0 Å². The summed E-state index contributed by atoms with van der Waals surface area (Å²) in [7, 11) is 0. The Kier molecular flexibility index (Phi) is 9.74. The van der Waals surface area contributed by atoms with Crippen LogP contribution in [0.25, 0.3) is 0 Å². The van der Waals surface area contributed by atoms with E-state index in [9.17, 15) is 14.0 Å². The van der Waals surface area contributed by atoms with Crippen molar-refractivity contribution in [3.63, 3.8) is 0 Å². The summed E-state index contributed by atoms with van der Waals surface area (Å²) in [6, 6.07) is 8.35. The third-order valence-corrected chi connectivity index (χ3v) is 7.85. The van der Waals surface area contributed by atoms with Gasteiger partial charge in [-0.1, -0.05) is 37.6 Å². The Hall–Kier alpha value is -1.51. The number of Topliss-reactive ketones (excluding diaryl/α,β-unsaturated/α-hetero) is 2. The molecule has 1 aromatic carbocycles. The van der Waals surface area contributed by atoms with E-state index in [1.165, 1.54) is 31.2 Å². The smallest absolute Gasteiger partial charge is 0.163 e. The van der Waals surface area contributed by atoms with E-state index in [1.807, 2.05) is 12.1 Å². The Morgan fingerprint density at radius 1 is 0.871 bits per heavy atom. The fraction of sp³-hybridized carbons (Fsp3) is 0.714. The van der Waals surface area contributed by atoms with Crippen LogP contribution in [-0.2, 0) is 4.79 Å². The van der Waals surface area contributed by atoms with Gasteiger partial charge in [-0.2, -0.15) is 0 Å². The molecule has 2 nitrogen and oxygen atoms in total. The van der Waals surface area contributed by atoms with Crippen molar-refractivity contribution in [1.82, 2.24) is 0 Å². The standard InChI is InChI=1S/C28H41FO2/c1-2-3-6-27(30)25-13-9-22(10-14-25)20-28(31)26-17-15-24(16-18-26)23-11-7-21(8-12-23)5-4-19-29/h15-18,21-23,25H,2-14,19-20H2,1H3. The topological polar surface area (TPSA) is 34.1 Å². The lowest BCUT2D eigenvalue weighted by molar-refractivity contribution is -0.124. The first kappa shape index (κ1) is 24.1. The van der Waals surface area contributed by atoms with Gasteiger partial charge in [0.25, 0.3) is 0 Å². The molecule has 0 N–H and O–H groups in total. The first-order valence-electron chi connectivity index (χ1n) is 12.8. The van der Waals surface area contributed by atoms with Gasteiger partial charge in [-0.15, -0.1) is 0 Å². The molecule has 2 aliphatic rings. The number of ketones is 2. The summed E-state index contributed by atoms with van der Waals surface area (Å²) in [5.41, 5.74) is 2.19. The number of carbonyl (C=O) groups excluding carboxylic acids is 2. The van der Waals surface area contributed by atoms with Crippen LogP contribution in [0, 0.1) is 17.8 Å². The number of carbonyl (C=O) groups is 2. The van der Waals surface area contributed by atoms with Crippen LogP contribution in [0.1, 0.15) is 119 Å². The van der Waals surface area contributed by atoms with E-state index >= 15 is 0 Å². The molecule has 0 heterocycles. The summed E-state index contributed by atoms with van der Waals surface area (Å²) in [5, 5.41) is 0. The van der Waals surface area contributed by atoms with Crippen LogP contribution in [0.2, 0.25) is 0 Å². The molecule has 1 aromatic rings. The highest BCUT2D eigenvalue weighted by Crippen LogP contribution is 2.38. The van der Waals surface area contributed by atoms with E-state index in [1.54, 1.807) is 0 Å². The zero-order valence-electron chi connectivity index (χ0n) is 19.4. The second kappa shape index (κ2) is 12.5. The van der Waals surface area contributed by atoms with Crippen LogP contribution in [0.4, 0.5) is 4.39 Å². The van der Waals surface area contributed by atoms with Gasteiger partial charge in [0.05, 0.1) is 6.67 Å². The number of benzene rings is 1. The SMILES string of the molecule is CCCCC(=O)C1CCC(CC(=O)c2ccc(C3CCC(CCCF)CC3)cc2)CC1. The Morgan fingerprint density at radius 3 is 2.13 bits per heavy atom. The zero-order valence-corrected chi connectivity index (χ0v) is 19.4. The van der Waals surface area contributed by atoms with E-state index in [4.69, 9.17) is 0 Å².